The molecule has 5 N–H and O–H groups in total. The number of benzene rings is 1. The molecule has 0 saturated carbocycles. The Balaban J connectivity index is 1.83. The van der Waals surface area contributed by atoms with Gasteiger partial charge in [-0.3, -0.25) is 24.6 Å². The second-order valence-electron chi connectivity index (χ2n) is 8.01. The van der Waals surface area contributed by atoms with Crippen LogP contribution in [0.4, 0.5) is 10.5 Å². The van der Waals surface area contributed by atoms with E-state index in [0.717, 1.165) is 15.0 Å². The highest BCUT2D eigenvalue weighted by Crippen LogP contribution is 2.24. The fourth-order valence-electron chi connectivity index (χ4n) is 3.90. The number of carboxylic acids is 1. The van der Waals surface area contributed by atoms with Gasteiger partial charge in [-0.15, -0.1) is 0 Å². The van der Waals surface area contributed by atoms with Gasteiger partial charge in [-0.2, -0.15) is 0 Å². The highest BCUT2D eigenvalue weighted by molar-refractivity contribution is 5.98. The molecule has 13 nitrogen and oxygen atoms in total. The number of nitrogens with one attached hydrogen (secondary N) is 2. The number of fused-ring (bicyclic) bond motifs is 1. The van der Waals surface area contributed by atoms with Gasteiger partial charge in [0, 0.05) is 24.2 Å². The molecule has 0 aliphatic carbocycles. The number of anilines is 1. The fourth-order valence-corrected chi connectivity index (χ4v) is 3.90. The monoisotopic (exact) mass is 474 g/mol. The van der Waals surface area contributed by atoms with Crippen LogP contribution in [0, 0.1) is 6.92 Å². The third-order valence-electron chi connectivity index (χ3n) is 5.71. The van der Waals surface area contributed by atoms with Crippen molar-refractivity contribution in [2.24, 2.45) is 0 Å². The molecule has 2 aliphatic rings. The summed E-state index contributed by atoms with van der Waals surface area (Å²) in [6.07, 6.45) is 0.161. The summed E-state index contributed by atoms with van der Waals surface area (Å²) < 4.78 is 0. The molecule has 0 radical (unpaired) electrons. The van der Waals surface area contributed by atoms with Crippen LogP contribution >= 0.6 is 0 Å². The van der Waals surface area contributed by atoms with Crippen molar-refractivity contribution in [2.45, 2.75) is 44.7 Å². The molecule has 182 valence electrons. The molecule has 2 unspecified atom stereocenters. The van der Waals surface area contributed by atoms with E-state index in [4.69, 9.17) is 10.8 Å². The van der Waals surface area contributed by atoms with Crippen LogP contribution in [0.5, 0.6) is 0 Å². The molecule has 2 atom stereocenters. The van der Waals surface area contributed by atoms with E-state index in [2.05, 4.69) is 10.7 Å². The van der Waals surface area contributed by atoms with Crippen LogP contribution in [0.1, 0.15) is 41.6 Å². The minimum absolute atomic E-state index is 0.0945. The number of hydrazine groups is 2. The molecule has 2 saturated heterocycles. The predicted molar refractivity (Wildman–Crippen MR) is 117 cm³/mol. The Morgan fingerprint density at radius 1 is 1.26 bits per heavy atom. The SMILES string of the molecule is Cc1c(N)cccc1C(=O)NN1CCC(=O)N2CCCC(C(=O)NC(C=O)CC(=O)O)N2C1=O. The second-order valence-corrected chi connectivity index (χ2v) is 8.01. The number of nitrogens with two attached hydrogens (primary N) is 1. The summed E-state index contributed by atoms with van der Waals surface area (Å²) in [6, 6.07) is 1.50. The number of carbonyl (C=O) groups excluding carboxylic acids is 5. The second kappa shape index (κ2) is 10.2. The number of aldehydes is 1. The van der Waals surface area contributed by atoms with Gasteiger partial charge in [-0.25, -0.2) is 19.8 Å². The lowest BCUT2D eigenvalue weighted by molar-refractivity contribution is -0.155. The van der Waals surface area contributed by atoms with Crippen LogP contribution < -0.4 is 16.5 Å². The summed E-state index contributed by atoms with van der Waals surface area (Å²) in [5.41, 5.74) is 9.51. The first kappa shape index (κ1) is 24.5. The van der Waals surface area contributed by atoms with Gasteiger partial charge in [0.25, 0.3) is 5.91 Å². The Hall–Kier alpha value is -4.16. The Morgan fingerprint density at radius 2 is 2.00 bits per heavy atom. The zero-order chi connectivity index (χ0) is 25.0. The molecule has 2 heterocycles. The van der Waals surface area contributed by atoms with Crippen molar-refractivity contribution in [1.82, 2.24) is 25.8 Å². The molecule has 0 spiro atoms. The quantitative estimate of drug-likeness (QED) is 0.299. The smallest absolute Gasteiger partial charge is 0.358 e. The number of nitrogen functional groups attached to an aromatic ring is 1. The highest BCUT2D eigenvalue weighted by Gasteiger charge is 2.44. The number of carboxylic acid groups (broad SMARTS) is 1. The standard InChI is InChI=1S/C21H26N6O7/c1-12-14(4-2-5-15(12)22)19(32)24-25-9-7-17(29)26-8-3-6-16(27(26)21(25)34)20(33)23-13(11-28)10-18(30)31/h2,4-5,11,13,16H,3,6-10,22H2,1H3,(H,23,33)(H,24,32)(H,30,31). The van der Waals surface area contributed by atoms with Gasteiger partial charge in [-0.05, 0) is 37.5 Å². The Kier molecular flexibility index (Phi) is 7.34. The minimum atomic E-state index is -1.29. The molecule has 0 bridgehead atoms. The van der Waals surface area contributed by atoms with E-state index in [9.17, 15) is 28.8 Å². The van der Waals surface area contributed by atoms with Gasteiger partial charge >= 0.3 is 12.0 Å². The number of hydrogen-bond donors (Lipinski definition) is 4. The highest BCUT2D eigenvalue weighted by atomic mass is 16.4. The first-order valence-corrected chi connectivity index (χ1v) is 10.7. The predicted octanol–water partition coefficient (Wildman–Crippen LogP) is -0.586. The van der Waals surface area contributed by atoms with Crippen molar-refractivity contribution in [2.75, 3.05) is 18.8 Å². The normalized spacial score (nSPS) is 19.1. The molecule has 1 aromatic rings. The largest absolute Gasteiger partial charge is 0.481 e. The average molecular weight is 474 g/mol. The number of amides is 5. The van der Waals surface area contributed by atoms with E-state index in [0.29, 0.717) is 24.0 Å². The van der Waals surface area contributed by atoms with Crippen LogP contribution in [0.15, 0.2) is 18.2 Å². The Morgan fingerprint density at radius 3 is 2.68 bits per heavy atom. The van der Waals surface area contributed by atoms with E-state index < -0.39 is 48.2 Å². The lowest BCUT2D eigenvalue weighted by atomic mass is 10.1. The molecular formula is C21H26N6O7. The number of aliphatic carboxylic acids is 1. The van der Waals surface area contributed by atoms with E-state index in [-0.39, 0.29) is 31.5 Å². The van der Waals surface area contributed by atoms with E-state index in [1.54, 1.807) is 25.1 Å². The molecule has 1 aromatic carbocycles. The first-order chi connectivity index (χ1) is 16.1. The van der Waals surface area contributed by atoms with Crippen molar-refractivity contribution >= 4 is 41.7 Å². The topological polar surface area (TPSA) is 182 Å². The maximum absolute atomic E-state index is 13.4. The van der Waals surface area contributed by atoms with E-state index in [1.165, 1.54) is 0 Å². The van der Waals surface area contributed by atoms with Crippen molar-refractivity contribution in [3.63, 3.8) is 0 Å². The Labute approximate surface area is 194 Å². The molecule has 5 amide bonds. The van der Waals surface area contributed by atoms with Crippen LogP contribution in [-0.4, -0.2) is 81.3 Å². The molecule has 3 rings (SSSR count). The summed E-state index contributed by atoms with van der Waals surface area (Å²) in [7, 11) is 0. The van der Waals surface area contributed by atoms with Gasteiger partial charge < -0.3 is 21.0 Å². The molecule has 2 aliphatic heterocycles. The maximum atomic E-state index is 13.4. The first-order valence-electron chi connectivity index (χ1n) is 10.7. The summed E-state index contributed by atoms with van der Waals surface area (Å²) in [4.78, 5) is 73.9. The third-order valence-corrected chi connectivity index (χ3v) is 5.71. The van der Waals surface area contributed by atoms with Gasteiger partial charge in [0.05, 0.1) is 19.0 Å². The lowest BCUT2D eigenvalue weighted by Crippen LogP contribution is -2.64. The van der Waals surface area contributed by atoms with Crippen LogP contribution in [-0.2, 0) is 19.2 Å². The number of carbonyl (C=O) groups is 6. The van der Waals surface area contributed by atoms with Gasteiger partial charge in [-0.1, -0.05) is 6.07 Å². The summed E-state index contributed by atoms with van der Waals surface area (Å²) in [5.74, 6) is -3.08. The third kappa shape index (κ3) is 5.08. The van der Waals surface area contributed by atoms with Gasteiger partial charge in [0.15, 0.2) is 0 Å². The molecule has 2 fully saturated rings. The van der Waals surface area contributed by atoms with Crippen LogP contribution in [0.2, 0.25) is 0 Å². The molecule has 0 aromatic heterocycles. The van der Waals surface area contributed by atoms with Crippen molar-refractivity contribution in [3.05, 3.63) is 29.3 Å². The lowest BCUT2D eigenvalue weighted by Gasteiger charge is -2.42. The fraction of sp³-hybridized carbons (Fsp3) is 0.429. The molecule has 13 heteroatoms. The van der Waals surface area contributed by atoms with E-state index in [1.807, 2.05) is 0 Å². The maximum Gasteiger partial charge on any atom is 0.358 e. The number of hydrogen-bond acceptors (Lipinski definition) is 7. The van der Waals surface area contributed by atoms with Crippen molar-refractivity contribution < 1.29 is 33.9 Å². The minimum Gasteiger partial charge on any atom is -0.481 e. The van der Waals surface area contributed by atoms with Crippen LogP contribution in [0.25, 0.3) is 0 Å². The number of nitrogens with zero attached hydrogens (tertiary/aromatic N) is 3. The Bertz CT molecular complexity index is 1030. The zero-order valence-corrected chi connectivity index (χ0v) is 18.5. The van der Waals surface area contributed by atoms with Gasteiger partial charge in [0.1, 0.15) is 12.3 Å². The zero-order valence-electron chi connectivity index (χ0n) is 18.5. The van der Waals surface area contributed by atoms with Crippen molar-refractivity contribution in [1.29, 1.82) is 0 Å². The van der Waals surface area contributed by atoms with Crippen LogP contribution in [0.3, 0.4) is 0 Å². The summed E-state index contributed by atoms with van der Waals surface area (Å²) in [5, 5.41) is 14.3. The molecular weight excluding hydrogens is 448 g/mol. The summed E-state index contributed by atoms with van der Waals surface area (Å²) >= 11 is 0. The number of urea groups is 1. The number of rotatable bonds is 7. The average Bonchev–Trinajstić information content (AvgIpc) is 2.92. The summed E-state index contributed by atoms with van der Waals surface area (Å²) in [6.45, 7) is 1.73. The molecule has 34 heavy (non-hydrogen) atoms. The van der Waals surface area contributed by atoms with Crippen molar-refractivity contribution in [3.8, 4) is 0 Å². The van der Waals surface area contributed by atoms with E-state index >= 15 is 0 Å². The van der Waals surface area contributed by atoms with Gasteiger partial charge in [0.2, 0.25) is 11.8 Å².